The van der Waals surface area contributed by atoms with Crippen molar-refractivity contribution in [3.05, 3.63) is 42.1 Å². The Morgan fingerprint density at radius 2 is 2.05 bits per heavy atom. The Balaban J connectivity index is 2.09. The minimum absolute atomic E-state index is 0.431. The van der Waals surface area contributed by atoms with E-state index in [1.165, 1.54) is 6.20 Å². The molecule has 6 nitrogen and oxygen atoms in total. The number of rotatable bonds is 5. The van der Waals surface area contributed by atoms with Gasteiger partial charge in [0.1, 0.15) is 18.4 Å². The minimum Gasteiger partial charge on any atom is -0.492 e. The van der Waals surface area contributed by atoms with E-state index in [9.17, 15) is 0 Å². The highest BCUT2D eigenvalue weighted by Gasteiger charge is 2.03. The third-order valence-corrected chi connectivity index (χ3v) is 2.34. The third-order valence-electron chi connectivity index (χ3n) is 2.34. The number of aromatic nitrogens is 2. The molecular weight excluding hydrogens is 242 g/mol. The number of hydrogen-bond donors (Lipinski definition) is 2. The number of anilines is 2. The fourth-order valence-corrected chi connectivity index (χ4v) is 1.46. The van der Waals surface area contributed by atoms with Crippen LogP contribution in [0.2, 0.25) is 0 Å². The van der Waals surface area contributed by atoms with Crippen LogP contribution in [0.1, 0.15) is 5.56 Å². The summed E-state index contributed by atoms with van der Waals surface area (Å²) in [5.74, 6) is 1.18. The normalized spacial score (nSPS) is 9.68. The molecule has 0 aliphatic rings. The summed E-state index contributed by atoms with van der Waals surface area (Å²) in [6.45, 7) is 0.959. The van der Waals surface area contributed by atoms with Gasteiger partial charge in [0.05, 0.1) is 11.8 Å². The van der Waals surface area contributed by atoms with E-state index in [1.54, 1.807) is 6.07 Å². The van der Waals surface area contributed by atoms with Gasteiger partial charge in [-0.05, 0) is 30.3 Å². The lowest BCUT2D eigenvalue weighted by atomic mass is 10.2. The molecule has 1 heterocycles. The first-order valence-corrected chi connectivity index (χ1v) is 5.75. The molecule has 0 bridgehead atoms. The number of nitrogens with zero attached hydrogens (tertiary/aromatic N) is 3. The van der Waals surface area contributed by atoms with Crippen LogP contribution in [0, 0.1) is 11.3 Å². The zero-order valence-electron chi connectivity index (χ0n) is 10.2. The molecule has 0 saturated heterocycles. The first-order valence-electron chi connectivity index (χ1n) is 5.75. The van der Waals surface area contributed by atoms with Crippen LogP contribution in [-0.2, 0) is 0 Å². The molecule has 0 amide bonds. The van der Waals surface area contributed by atoms with Gasteiger partial charge in [-0.1, -0.05) is 0 Å². The van der Waals surface area contributed by atoms with Gasteiger partial charge in [0.15, 0.2) is 5.82 Å². The lowest BCUT2D eigenvalue weighted by molar-refractivity contribution is 0.328. The van der Waals surface area contributed by atoms with Crippen LogP contribution in [0.3, 0.4) is 0 Å². The molecule has 3 N–H and O–H groups in total. The molecule has 0 unspecified atom stereocenters. The summed E-state index contributed by atoms with van der Waals surface area (Å²) in [6, 6.07) is 11.0. The van der Waals surface area contributed by atoms with Gasteiger partial charge in [0.25, 0.3) is 0 Å². The highest BCUT2D eigenvalue weighted by atomic mass is 16.5. The van der Waals surface area contributed by atoms with Gasteiger partial charge >= 0.3 is 0 Å². The summed E-state index contributed by atoms with van der Waals surface area (Å²) in [4.78, 5) is 0. The topological polar surface area (TPSA) is 96.8 Å². The summed E-state index contributed by atoms with van der Waals surface area (Å²) in [6.07, 6.45) is 1.48. The molecule has 0 saturated carbocycles. The molecule has 0 fully saturated rings. The molecule has 0 atom stereocenters. The lowest BCUT2D eigenvalue weighted by Gasteiger charge is -2.08. The molecule has 19 heavy (non-hydrogen) atoms. The van der Waals surface area contributed by atoms with Gasteiger partial charge in [0, 0.05) is 12.2 Å². The number of nitrogens with two attached hydrogens (primary N) is 1. The number of ether oxygens (including phenoxy) is 1. The molecule has 0 aliphatic heterocycles. The maximum absolute atomic E-state index is 8.95. The zero-order chi connectivity index (χ0) is 13.5. The molecule has 0 aliphatic carbocycles. The van der Waals surface area contributed by atoms with Crippen LogP contribution in [0.25, 0.3) is 0 Å². The largest absolute Gasteiger partial charge is 0.492 e. The predicted molar refractivity (Wildman–Crippen MR) is 71.0 cm³/mol. The predicted octanol–water partition coefficient (Wildman–Crippen LogP) is 1.43. The van der Waals surface area contributed by atoms with Crippen LogP contribution in [-0.4, -0.2) is 23.3 Å². The lowest BCUT2D eigenvalue weighted by Crippen LogP contribution is -2.10. The molecule has 1 aromatic heterocycles. The van der Waals surface area contributed by atoms with Crippen molar-refractivity contribution in [2.45, 2.75) is 0 Å². The van der Waals surface area contributed by atoms with Crippen LogP contribution in [0.4, 0.5) is 11.5 Å². The van der Waals surface area contributed by atoms with Gasteiger partial charge in [0.2, 0.25) is 0 Å². The first-order chi connectivity index (χ1) is 9.33. The summed E-state index contributed by atoms with van der Waals surface area (Å²) in [7, 11) is 0. The van der Waals surface area contributed by atoms with Crippen LogP contribution in [0.15, 0.2) is 36.5 Å². The SMILES string of the molecule is N#Cc1ccnnc1Nc1ccc(OCCN)cc1. The molecule has 1 aromatic carbocycles. The van der Waals surface area contributed by atoms with E-state index in [0.29, 0.717) is 24.5 Å². The van der Waals surface area contributed by atoms with E-state index >= 15 is 0 Å². The van der Waals surface area contributed by atoms with E-state index in [1.807, 2.05) is 24.3 Å². The Kier molecular flexibility index (Phi) is 4.26. The first kappa shape index (κ1) is 12.8. The number of nitrogens with one attached hydrogen (secondary N) is 1. The summed E-state index contributed by atoms with van der Waals surface area (Å²) >= 11 is 0. The van der Waals surface area contributed by atoms with Crippen molar-refractivity contribution in [2.75, 3.05) is 18.5 Å². The van der Waals surface area contributed by atoms with Crippen molar-refractivity contribution in [2.24, 2.45) is 5.73 Å². The van der Waals surface area contributed by atoms with Gasteiger partial charge in [-0.3, -0.25) is 0 Å². The Morgan fingerprint density at radius 3 is 2.74 bits per heavy atom. The molecule has 0 spiro atoms. The molecule has 96 valence electrons. The quantitative estimate of drug-likeness (QED) is 0.838. The van der Waals surface area contributed by atoms with Gasteiger partial charge in [-0.25, -0.2) is 0 Å². The van der Waals surface area contributed by atoms with E-state index in [0.717, 1.165) is 11.4 Å². The summed E-state index contributed by atoms with van der Waals surface area (Å²) < 4.78 is 5.37. The monoisotopic (exact) mass is 255 g/mol. The van der Waals surface area contributed by atoms with E-state index < -0.39 is 0 Å². The molecule has 2 rings (SSSR count). The smallest absolute Gasteiger partial charge is 0.171 e. The summed E-state index contributed by atoms with van der Waals surface area (Å²) in [5, 5.41) is 19.6. The van der Waals surface area contributed by atoms with E-state index in [4.69, 9.17) is 15.7 Å². The third kappa shape index (κ3) is 3.40. The van der Waals surface area contributed by atoms with Gasteiger partial charge < -0.3 is 15.8 Å². The zero-order valence-corrected chi connectivity index (χ0v) is 10.2. The Morgan fingerprint density at radius 1 is 1.26 bits per heavy atom. The average molecular weight is 255 g/mol. The van der Waals surface area contributed by atoms with Gasteiger partial charge in [-0.2, -0.15) is 10.4 Å². The van der Waals surface area contributed by atoms with Crippen LogP contribution in [0.5, 0.6) is 5.75 Å². The van der Waals surface area contributed by atoms with E-state index in [-0.39, 0.29) is 0 Å². The second kappa shape index (κ2) is 6.33. The van der Waals surface area contributed by atoms with Crippen molar-refractivity contribution < 1.29 is 4.74 Å². The van der Waals surface area contributed by atoms with Crippen LogP contribution < -0.4 is 15.8 Å². The minimum atomic E-state index is 0.431. The van der Waals surface area contributed by atoms with Crippen molar-refractivity contribution in [1.29, 1.82) is 5.26 Å². The van der Waals surface area contributed by atoms with Crippen molar-refractivity contribution in [3.63, 3.8) is 0 Å². The fraction of sp³-hybridized carbons (Fsp3) is 0.154. The Labute approximate surface area is 110 Å². The average Bonchev–Trinajstić information content (AvgIpc) is 2.47. The molecular formula is C13H13N5O. The van der Waals surface area contributed by atoms with Crippen LogP contribution >= 0.6 is 0 Å². The highest BCUT2D eigenvalue weighted by Crippen LogP contribution is 2.20. The Bertz CT molecular complexity index is 576. The van der Waals surface area contributed by atoms with Crippen molar-refractivity contribution in [3.8, 4) is 11.8 Å². The fourth-order valence-electron chi connectivity index (χ4n) is 1.46. The maximum Gasteiger partial charge on any atom is 0.171 e. The number of benzene rings is 1. The van der Waals surface area contributed by atoms with Crippen molar-refractivity contribution in [1.82, 2.24) is 10.2 Å². The molecule has 6 heteroatoms. The highest BCUT2D eigenvalue weighted by molar-refractivity contribution is 5.62. The van der Waals surface area contributed by atoms with Crippen molar-refractivity contribution >= 4 is 11.5 Å². The maximum atomic E-state index is 8.95. The summed E-state index contributed by atoms with van der Waals surface area (Å²) in [5.41, 5.74) is 6.60. The van der Waals surface area contributed by atoms with E-state index in [2.05, 4.69) is 21.6 Å². The number of nitriles is 1. The second-order valence-corrected chi connectivity index (χ2v) is 3.69. The molecule has 2 aromatic rings. The second-order valence-electron chi connectivity index (χ2n) is 3.69. The number of hydrogen-bond acceptors (Lipinski definition) is 6. The Hall–Kier alpha value is -2.65. The standard InChI is InChI=1S/C13H13N5O/c14-6-8-19-12-3-1-11(2-4-12)17-13-10(9-15)5-7-16-18-13/h1-5,7H,6,8,14H2,(H,17,18). The molecule has 0 radical (unpaired) electrons. The van der Waals surface area contributed by atoms with Gasteiger partial charge in [-0.15, -0.1) is 5.10 Å².